The van der Waals surface area contributed by atoms with E-state index in [0.717, 1.165) is 23.2 Å². The Bertz CT molecular complexity index is 302. The molecule has 1 aliphatic carbocycles. The van der Waals surface area contributed by atoms with Gasteiger partial charge >= 0.3 is 0 Å². The molecule has 2 unspecified atom stereocenters. The van der Waals surface area contributed by atoms with Crippen molar-refractivity contribution in [3.63, 3.8) is 0 Å². The second kappa shape index (κ2) is 4.49. The molecule has 2 atom stereocenters. The third kappa shape index (κ3) is 1.68. The Morgan fingerprint density at radius 2 is 1.78 bits per heavy atom. The third-order valence-corrected chi connectivity index (χ3v) is 6.76. The lowest BCUT2D eigenvalue weighted by Gasteiger charge is -2.60. The van der Waals surface area contributed by atoms with E-state index >= 15 is 0 Å². The molecule has 5 fully saturated rings. The SMILES string of the molecule is C1CCC(C2CNCCC23CN2CCC3CC2)C1. The van der Waals surface area contributed by atoms with Gasteiger partial charge in [-0.15, -0.1) is 0 Å². The topological polar surface area (TPSA) is 15.3 Å². The quantitative estimate of drug-likeness (QED) is 0.767. The van der Waals surface area contributed by atoms with Crippen molar-refractivity contribution in [3.8, 4) is 0 Å². The first-order valence-electron chi connectivity index (χ1n) is 8.31. The number of rotatable bonds is 1. The Morgan fingerprint density at radius 3 is 2.44 bits per heavy atom. The molecular weight excluding hydrogens is 220 g/mol. The van der Waals surface area contributed by atoms with Crippen LogP contribution < -0.4 is 5.32 Å². The fraction of sp³-hybridized carbons (Fsp3) is 1.00. The number of hydrogen-bond donors (Lipinski definition) is 1. The molecule has 0 radical (unpaired) electrons. The summed E-state index contributed by atoms with van der Waals surface area (Å²) in [6.45, 7) is 6.86. The minimum Gasteiger partial charge on any atom is -0.316 e. The molecule has 18 heavy (non-hydrogen) atoms. The van der Waals surface area contributed by atoms with Crippen molar-refractivity contribution in [2.75, 3.05) is 32.7 Å². The molecule has 5 rings (SSSR count). The maximum Gasteiger partial charge on any atom is 0.00444 e. The minimum atomic E-state index is 0.719. The summed E-state index contributed by atoms with van der Waals surface area (Å²) < 4.78 is 0. The van der Waals surface area contributed by atoms with Gasteiger partial charge in [0.1, 0.15) is 0 Å². The summed E-state index contributed by atoms with van der Waals surface area (Å²) in [6.07, 6.45) is 10.5. The van der Waals surface area contributed by atoms with Gasteiger partial charge in [0.05, 0.1) is 0 Å². The van der Waals surface area contributed by atoms with Crippen molar-refractivity contribution in [2.45, 2.75) is 44.9 Å². The van der Waals surface area contributed by atoms with Crippen molar-refractivity contribution < 1.29 is 0 Å². The van der Waals surface area contributed by atoms with Gasteiger partial charge in [-0.05, 0) is 68.6 Å². The Morgan fingerprint density at radius 1 is 1.00 bits per heavy atom. The molecule has 0 aromatic carbocycles. The van der Waals surface area contributed by atoms with Crippen molar-refractivity contribution >= 4 is 0 Å². The Labute approximate surface area is 111 Å². The molecule has 1 saturated carbocycles. The predicted octanol–water partition coefficient (Wildman–Crippen LogP) is 2.50. The van der Waals surface area contributed by atoms with E-state index in [1.807, 2.05) is 0 Å². The maximum absolute atomic E-state index is 3.72. The first-order chi connectivity index (χ1) is 8.88. The number of piperidine rings is 4. The largest absolute Gasteiger partial charge is 0.316 e. The monoisotopic (exact) mass is 248 g/mol. The van der Waals surface area contributed by atoms with Gasteiger partial charge in [0.15, 0.2) is 0 Å². The highest BCUT2D eigenvalue weighted by atomic mass is 15.2. The van der Waals surface area contributed by atoms with E-state index < -0.39 is 0 Å². The Balaban J connectivity index is 1.62. The highest BCUT2D eigenvalue weighted by molar-refractivity contribution is 5.05. The van der Waals surface area contributed by atoms with Crippen LogP contribution in [0.4, 0.5) is 0 Å². The number of fused-ring (bicyclic) bond motifs is 2. The fourth-order valence-electron chi connectivity index (χ4n) is 5.88. The Hall–Kier alpha value is -0.0800. The van der Waals surface area contributed by atoms with Crippen LogP contribution in [0.3, 0.4) is 0 Å². The molecule has 0 amide bonds. The number of nitrogens with one attached hydrogen (secondary N) is 1. The van der Waals surface area contributed by atoms with Crippen molar-refractivity contribution in [2.24, 2.45) is 23.2 Å². The average molecular weight is 248 g/mol. The zero-order valence-corrected chi connectivity index (χ0v) is 11.7. The van der Waals surface area contributed by atoms with Crippen LogP contribution in [0, 0.1) is 23.2 Å². The van der Waals surface area contributed by atoms with E-state index in [1.165, 1.54) is 77.7 Å². The lowest BCUT2D eigenvalue weighted by Crippen LogP contribution is -2.63. The molecule has 4 heterocycles. The first kappa shape index (κ1) is 11.7. The van der Waals surface area contributed by atoms with Crippen molar-refractivity contribution in [1.82, 2.24) is 10.2 Å². The Kier molecular flexibility index (Phi) is 2.92. The minimum absolute atomic E-state index is 0.719. The summed E-state index contributed by atoms with van der Waals surface area (Å²) in [6, 6.07) is 0. The van der Waals surface area contributed by atoms with E-state index in [2.05, 4.69) is 10.2 Å². The summed E-state index contributed by atoms with van der Waals surface area (Å²) in [7, 11) is 0. The second-order valence-corrected chi connectivity index (χ2v) is 7.39. The molecule has 5 aliphatic rings. The van der Waals surface area contributed by atoms with Crippen LogP contribution in [0.2, 0.25) is 0 Å². The molecule has 1 spiro atoms. The molecule has 1 N–H and O–H groups in total. The summed E-state index contributed by atoms with van der Waals surface area (Å²) in [5.74, 6) is 3.12. The highest BCUT2D eigenvalue weighted by Crippen LogP contribution is 2.54. The molecule has 2 nitrogen and oxygen atoms in total. The molecular formula is C16H28N2. The van der Waals surface area contributed by atoms with Crippen LogP contribution in [0.5, 0.6) is 0 Å². The normalized spacial score (nSPS) is 49.0. The van der Waals surface area contributed by atoms with Gasteiger partial charge in [0.25, 0.3) is 0 Å². The van der Waals surface area contributed by atoms with Gasteiger partial charge in [-0.3, -0.25) is 0 Å². The summed E-state index contributed by atoms with van der Waals surface area (Å²) >= 11 is 0. The van der Waals surface area contributed by atoms with E-state index in [-0.39, 0.29) is 0 Å². The van der Waals surface area contributed by atoms with Gasteiger partial charge in [-0.25, -0.2) is 0 Å². The predicted molar refractivity (Wildman–Crippen MR) is 74.5 cm³/mol. The number of hydrogen-bond acceptors (Lipinski definition) is 2. The van der Waals surface area contributed by atoms with Crippen molar-refractivity contribution in [3.05, 3.63) is 0 Å². The number of nitrogens with zero attached hydrogens (tertiary/aromatic N) is 1. The van der Waals surface area contributed by atoms with Gasteiger partial charge in [0.2, 0.25) is 0 Å². The molecule has 4 saturated heterocycles. The molecule has 0 aromatic rings. The van der Waals surface area contributed by atoms with Crippen LogP contribution in [-0.2, 0) is 0 Å². The van der Waals surface area contributed by atoms with Gasteiger partial charge in [-0.2, -0.15) is 0 Å². The fourth-order valence-corrected chi connectivity index (χ4v) is 5.88. The molecule has 2 bridgehead atoms. The summed E-state index contributed by atoms with van der Waals surface area (Å²) in [5, 5.41) is 3.72. The smallest absolute Gasteiger partial charge is 0.00444 e. The average Bonchev–Trinajstić information content (AvgIpc) is 2.94. The van der Waals surface area contributed by atoms with Gasteiger partial charge < -0.3 is 10.2 Å². The standard InChI is InChI=1S/C16H28N2/c1-2-4-13(3-1)15-11-17-8-7-16(15)12-18-9-5-14(16)6-10-18/h13-15,17H,1-12H2. The lowest BCUT2D eigenvalue weighted by atomic mass is 9.54. The van der Waals surface area contributed by atoms with E-state index in [9.17, 15) is 0 Å². The van der Waals surface area contributed by atoms with E-state index in [0.29, 0.717) is 0 Å². The molecule has 102 valence electrons. The van der Waals surface area contributed by atoms with E-state index in [1.54, 1.807) is 0 Å². The van der Waals surface area contributed by atoms with Crippen LogP contribution in [-0.4, -0.2) is 37.6 Å². The van der Waals surface area contributed by atoms with E-state index in [4.69, 9.17) is 0 Å². The molecule has 2 heteroatoms. The van der Waals surface area contributed by atoms with Crippen LogP contribution >= 0.6 is 0 Å². The first-order valence-corrected chi connectivity index (χ1v) is 8.31. The van der Waals surface area contributed by atoms with Gasteiger partial charge in [-0.1, -0.05) is 25.7 Å². The molecule has 4 aliphatic heterocycles. The zero-order valence-electron chi connectivity index (χ0n) is 11.7. The second-order valence-electron chi connectivity index (χ2n) is 7.39. The summed E-state index contributed by atoms with van der Waals surface area (Å²) in [5.41, 5.74) is 0.719. The lowest BCUT2D eigenvalue weighted by molar-refractivity contribution is -0.0993. The van der Waals surface area contributed by atoms with Gasteiger partial charge in [0, 0.05) is 6.54 Å². The summed E-state index contributed by atoms with van der Waals surface area (Å²) in [4.78, 5) is 2.78. The molecule has 0 aromatic heterocycles. The third-order valence-electron chi connectivity index (χ3n) is 6.76. The van der Waals surface area contributed by atoms with Crippen molar-refractivity contribution in [1.29, 1.82) is 0 Å². The van der Waals surface area contributed by atoms with Crippen LogP contribution in [0.1, 0.15) is 44.9 Å². The van der Waals surface area contributed by atoms with Crippen LogP contribution in [0.25, 0.3) is 0 Å². The van der Waals surface area contributed by atoms with Crippen LogP contribution in [0.15, 0.2) is 0 Å². The zero-order chi connectivity index (χ0) is 12.0. The highest BCUT2D eigenvalue weighted by Gasteiger charge is 2.53. The maximum atomic E-state index is 3.72.